The Bertz CT molecular complexity index is 629. The van der Waals surface area contributed by atoms with Crippen LogP contribution in [0.15, 0.2) is 24.3 Å². The van der Waals surface area contributed by atoms with Crippen LogP contribution in [0.4, 0.5) is 5.82 Å². The van der Waals surface area contributed by atoms with Crippen molar-refractivity contribution in [2.45, 2.75) is 32.4 Å². The maximum Gasteiger partial charge on any atom is 0.224 e. The van der Waals surface area contributed by atoms with Gasteiger partial charge < -0.3 is 10.4 Å². The second kappa shape index (κ2) is 4.32. The number of halogens is 1. The summed E-state index contributed by atoms with van der Waals surface area (Å²) in [5.74, 6) is 0.737. The fraction of sp³-hybridized carbons (Fsp3) is 0.429. The molecule has 1 aliphatic rings. The highest BCUT2D eigenvalue weighted by molar-refractivity contribution is 6.28. The van der Waals surface area contributed by atoms with Crippen LogP contribution in [0.2, 0.25) is 5.28 Å². The number of nitrogens with zero attached hydrogens (tertiary/aromatic N) is 2. The van der Waals surface area contributed by atoms with Gasteiger partial charge in [-0.1, -0.05) is 26.0 Å². The number of aliphatic hydroxyl groups excluding tert-OH is 1. The maximum atomic E-state index is 9.79. The van der Waals surface area contributed by atoms with Gasteiger partial charge in [-0.15, -0.1) is 0 Å². The standard InChI is InChI=1S/C14H16ClN3O/c1-14(2)10(7-11(14)19)17-12-8-5-3-4-6-9(8)16-13(15)18-12/h3-6,10-11,19H,7H2,1-2H3,(H,16,17,18). The molecule has 5 heteroatoms. The SMILES string of the molecule is CC1(C)C(O)CC1Nc1nc(Cl)nc2ccccc12. The van der Waals surface area contributed by atoms with Gasteiger partial charge in [0.2, 0.25) is 5.28 Å². The molecule has 4 nitrogen and oxygen atoms in total. The van der Waals surface area contributed by atoms with Crippen LogP contribution in [0.1, 0.15) is 20.3 Å². The van der Waals surface area contributed by atoms with E-state index < -0.39 is 0 Å². The van der Waals surface area contributed by atoms with Gasteiger partial charge in [-0.3, -0.25) is 0 Å². The van der Waals surface area contributed by atoms with Gasteiger partial charge in [0.25, 0.3) is 0 Å². The zero-order valence-corrected chi connectivity index (χ0v) is 11.6. The number of nitrogens with one attached hydrogen (secondary N) is 1. The molecule has 1 aromatic heterocycles. The van der Waals surface area contributed by atoms with Gasteiger partial charge in [0.05, 0.1) is 11.6 Å². The Labute approximate surface area is 116 Å². The van der Waals surface area contributed by atoms with E-state index in [9.17, 15) is 5.11 Å². The van der Waals surface area contributed by atoms with Gasteiger partial charge in [0.15, 0.2) is 0 Å². The van der Waals surface area contributed by atoms with E-state index in [0.29, 0.717) is 0 Å². The molecule has 0 radical (unpaired) electrons. The molecule has 2 unspecified atom stereocenters. The summed E-state index contributed by atoms with van der Waals surface area (Å²) in [5, 5.41) is 14.4. The number of fused-ring (bicyclic) bond motifs is 1. The summed E-state index contributed by atoms with van der Waals surface area (Å²) in [5.41, 5.74) is 0.668. The summed E-state index contributed by atoms with van der Waals surface area (Å²) in [7, 11) is 0. The lowest BCUT2D eigenvalue weighted by Gasteiger charge is -2.49. The van der Waals surface area contributed by atoms with Crippen molar-refractivity contribution in [2.75, 3.05) is 5.32 Å². The summed E-state index contributed by atoms with van der Waals surface area (Å²) >= 11 is 5.96. The highest BCUT2D eigenvalue weighted by Gasteiger charge is 2.47. The van der Waals surface area contributed by atoms with E-state index in [1.54, 1.807) is 0 Å². The van der Waals surface area contributed by atoms with Gasteiger partial charge in [0.1, 0.15) is 5.82 Å². The van der Waals surface area contributed by atoms with Crippen LogP contribution in [-0.2, 0) is 0 Å². The molecule has 1 saturated carbocycles. The number of benzene rings is 1. The largest absolute Gasteiger partial charge is 0.392 e. The van der Waals surface area contributed by atoms with E-state index >= 15 is 0 Å². The van der Waals surface area contributed by atoms with E-state index in [4.69, 9.17) is 11.6 Å². The van der Waals surface area contributed by atoms with Crippen molar-refractivity contribution in [2.24, 2.45) is 5.41 Å². The van der Waals surface area contributed by atoms with Crippen molar-refractivity contribution in [1.82, 2.24) is 9.97 Å². The van der Waals surface area contributed by atoms with Gasteiger partial charge in [-0.2, -0.15) is 0 Å². The number of para-hydroxylation sites is 1. The molecule has 1 aliphatic carbocycles. The van der Waals surface area contributed by atoms with E-state index in [-0.39, 0.29) is 22.8 Å². The predicted octanol–water partition coefficient (Wildman–Crippen LogP) is 2.85. The highest BCUT2D eigenvalue weighted by Crippen LogP contribution is 2.42. The van der Waals surface area contributed by atoms with Crippen LogP contribution < -0.4 is 5.32 Å². The molecule has 1 aromatic carbocycles. The fourth-order valence-corrected chi connectivity index (χ4v) is 2.65. The van der Waals surface area contributed by atoms with Gasteiger partial charge >= 0.3 is 0 Å². The lowest BCUT2D eigenvalue weighted by Crippen LogP contribution is -2.57. The smallest absolute Gasteiger partial charge is 0.224 e. The molecule has 0 amide bonds. The van der Waals surface area contributed by atoms with Crippen LogP contribution in [-0.4, -0.2) is 27.2 Å². The second-order valence-electron chi connectivity index (χ2n) is 5.63. The zero-order valence-electron chi connectivity index (χ0n) is 10.9. The van der Waals surface area contributed by atoms with Gasteiger partial charge in [0, 0.05) is 16.8 Å². The summed E-state index contributed by atoms with van der Waals surface area (Å²) in [4.78, 5) is 8.48. The molecule has 3 rings (SSSR count). The van der Waals surface area contributed by atoms with Crippen molar-refractivity contribution in [3.05, 3.63) is 29.5 Å². The molecule has 19 heavy (non-hydrogen) atoms. The Hall–Kier alpha value is -1.39. The first-order chi connectivity index (χ1) is 8.98. The molecule has 1 heterocycles. The van der Waals surface area contributed by atoms with Crippen LogP contribution >= 0.6 is 11.6 Å². The van der Waals surface area contributed by atoms with Crippen molar-refractivity contribution >= 4 is 28.3 Å². The third-order valence-corrected chi connectivity index (χ3v) is 4.27. The Kier molecular flexibility index (Phi) is 2.87. The minimum Gasteiger partial charge on any atom is -0.392 e. The first-order valence-electron chi connectivity index (χ1n) is 6.35. The molecule has 2 aromatic rings. The first-order valence-corrected chi connectivity index (χ1v) is 6.73. The molecule has 2 atom stereocenters. The van der Waals surface area contributed by atoms with E-state index in [2.05, 4.69) is 15.3 Å². The van der Waals surface area contributed by atoms with Crippen molar-refractivity contribution in [1.29, 1.82) is 0 Å². The van der Waals surface area contributed by atoms with E-state index in [0.717, 1.165) is 23.1 Å². The molecule has 1 fully saturated rings. The van der Waals surface area contributed by atoms with Crippen LogP contribution in [0, 0.1) is 5.41 Å². The number of hydrogen-bond donors (Lipinski definition) is 2. The molecule has 0 spiro atoms. The molecule has 0 bridgehead atoms. The topological polar surface area (TPSA) is 58.0 Å². The average Bonchev–Trinajstić information content (AvgIpc) is 2.38. The number of rotatable bonds is 2. The second-order valence-corrected chi connectivity index (χ2v) is 5.97. The average molecular weight is 278 g/mol. The number of hydrogen-bond acceptors (Lipinski definition) is 4. The minimum atomic E-state index is -0.270. The molecular formula is C14H16ClN3O. The van der Waals surface area contributed by atoms with Crippen LogP contribution in [0.5, 0.6) is 0 Å². The van der Waals surface area contributed by atoms with E-state index in [1.807, 2.05) is 38.1 Å². The summed E-state index contributed by atoms with van der Waals surface area (Å²) in [6.45, 7) is 4.09. The number of anilines is 1. The van der Waals surface area contributed by atoms with Crippen molar-refractivity contribution in [3.63, 3.8) is 0 Å². The monoisotopic (exact) mass is 277 g/mol. The van der Waals surface area contributed by atoms with Gasteiger partial charge in [-0.05, 0) is 30.2 Å². The summed E-state index contributed by atoms with van der Waals surface area (Å²) in [6, 6.07) is 7.94. The molecule has 0 aliphatic heterocycles. The minimum absolute atomic E-state index is 0.154. The molecule has 2 N–H and O–H groups in total. The molecular weight excluding hydrogens is 262 g/mol. The number of aliphatic hydroxyl groups is 1. The molecule has 0 saturated heterocycles. The lowest BCUT2D eigenvalue weighted by molar-refractivity contribution is -0.0511. The summed E-state index contributed by atoms with van der Waals surface area (Å²) < 4.78 is 0. The van der Waals surface area contributed by atoms with Crippen LogP contribution in [0.3, 0.4) is 0 Å². The van der Waals surface area contributed by atoms with Crippen LogP contribution in [0.25, 0.3) is 10.9 Å². The molecule has 100 valence electrons. The lowest BCUT2D eigenvalue weighted by atomic mass is 9.64. The third-order valence-electron chi connectivity index (χ3n) is 4.10. The summed E-state index contributed by atoms with van der Waals surface area (Å²) in [6.07, 6.45) is 0.455. The third kappa shape index (κ3) is 2.05. The maximum absolute atomic E-state index is 9.79. The highest BCUT2D eigenvalue weighted by atomic mass is 35.5. The van der Waals surface area contributed by atoms with Crippen molar-refractivity contribution in [3.8, 4) is 0 Å². The van der Waals surface area contributed by atoms with Crippen molar-refractivity contribution < 1.29 is 5.11 Å². The Balaban J connectivity index is 1.97. The fourth-order valence-electron chi connectivity index (χ4n) is 2.47. The number of aromatic nitrogens is 2. The normalized spacial score (nSPS) is 25.1. The Morgan fingerprint density at radius 1 is 1.32 bits per heavy atom. The van der Waals surface area contributed by atoms with Gasteiger partial charge in [-0.25, -0.2) is 9.97 Å². The Morgan fingerprint density at radius 3 is 2.74 bits per heavy atom. The zero-order chi connectivity index (χ0) is 13.6. The first kappa shape index (κ1) is 12.6. The predicted molar refractivity (Wildman–Crippen MR) is 76.4 cm³/mol. The van der Waals surface area contributed by atoms with E-state index in [1.165, 1.54) is 0 Å². The quantitative estimate of drug-likeness (QED) is 0.829. The Morgan fingerprint density at radius 2 is 2.05 bits per heavy atom.